The van der Waals surface area contributed by atoms with E-state index in [9.17, 15) is 14.0 Å². The third kappa shape index (κ3) is 2.77. The zero-order chi connectivity index (χ0) is 13.9. The number of likely N-dealkylation sites (N-methyl/N-ethyl adjacent to an activating group) is 1. The first-order valence-electron chi connectivity index (χ1n) is 5.37. The van der Waals surface area contributed by atoms with Gasteiger partial charge in [0.25, 0.3) is 5.91 Å². The Morgan fingerprint density at radius 1 is 1.44 bits per heavy atom. The van der Waals surface area contributed by atoms with E-state index in [0.29, 0.717) is 0 Å². The first-order chi connectivity index (χ1) is 8.38. The van der Waals surface area contributed by atoms with Crippen molar-refractivity contribution in [1.29, 1.82) is 0 Å². The molecule has 2 N–H and O–H groups in total. The summed E-state index contributed by atoms with van der Waals surface area (Å²) < 4.78 is 13.5. The number of phenolic OH excluding ortho intramolecular Hbond substituents is 1. The molecule has 1 unspecified atom stereocenters. The van der Waals surface area contributed by atoms with Crippen LogP contribution in [0.4, 0.5) is 4.39 Å². The van der Waals surface area contributed by atoms with Gasteiger partial charge >= 0.3 is 5.97 Å². The molecule has 0 aliphatic heterocycles. The lowest BCUT2D eigenvalue weighted by molar-refractivity contribution is -0.142. The second kappa shape index (κ2) is 5.48. The van der Waals surface area contributed by atoms with Crippen LogP contribution >= 0.6 is 0 Å². The molecular weight excluding hydrogens is 241 g/mol. The van der Waals surface area contributed by atoms with Crippen LogP contribution in [0.1, 0.15) is 23.7 Å². The fourth-order valence-corrected chi connectivity index (χ4v) is 1.62. The van der Waals surface area contributed by atoms with Crippen LogP contribution in [0.2, 0.25) is 0 Å². The Morgan fingerprint density at radius 2 is 2.06 bits per heavy atom. The summed E-state index contributed by atoms with van der Waals surface area (Å²) in [4.78, 5) is 23.8. The molecule has 1 aromatic rings. The summed E-state index contributed by atoms with van der Waals surface area (Å²) in [6.45, 7) is 1.62. The van der Waals surface area contributed by atoms with Crippen LogP contribution < -0.4 is 0 Å². The zero-order valence-corrected chi connectivity index (χ0v) is 10.1. The Morgan fingerprint density at radius 3 is 2.50 bits per heavy atom. The molecule has 1 aromatic carbocycles. The lowest BCUT2D eigenvalue weighted by Crippen LogP contribution is -2.42. The second-order valence-electron chi connectivity index (χ2n) is 3.84. The van der Waals surface area contributed by atoms with Crippen LogP contribution in [-0.4, -0.2) is 40.1 Å². The highest BCUT2D eigenvalue weighted by Gasteiger charge is 2.27. The summed E-state index contributed by atoms with van der Waals surface area (Å²) in [5, 5.41) is 18.0. The van der Waals surface area contributed by atoms with Crippen LogP contribution in [-0.2, 0) is 4.79 Å². The molecule has 0 aromatic heterocycles. The van der Waals surface area contributed by atoms with Gasteiger partial charge in [0.2, 0.25) is 0 Å². The van der Waals surface area contributed by atoms with Crippen LogP contribution in [0.3, 0.4) is 0 Å². The fraction of sp³-hybridized carbons (Fsp3) is 0.333. The maximum atomic E-state index is 13.5. The number of hydrogen-bond acceptors (Lipinski definition) is 3. The van der Waals surface area contributed by atoms with E-state index in [2.05, 4.69) is 0 Å². The second-order valence-corrected chi connectivity index (χ2v) is 3.84. The van der Waals surface area contributed by atoms with Gasteiger partial charge in [-0.1, -0.05) is 6.92 Å². The van der Waals surface area contributed by atoms with E-state index >= 15 is 0 Å². The number of carbonyl (C=O) groups excluding carboxylic acids is 1. The van der Waals surface area contributed by atoms with Gasteiger partial charge in [0, 0.05) is 13.1 Å². The van der Waals surface area contributed by atoms with E-state index in [1.54, 1.807) is 6.92 Å². The molecule has 0 spiro atoms. The summed E-state index contributed by atoms with van der Waals surface area (Å²) in [6.07, 6.45) is 0.220. The predicted octanol–water partition coefficient (Wildman–Crippen LogP) is 1.47. The Bertz CT molecular complexity index is 475. The first kappa shape index (κ1) is 14.0. The highest BCUT2D eigenvalue weighted by molar-refractivity contribution is 5.96. The van der Waals surface area contributed by atoms with E-state index in [1.165, 1.54) is 13.1 Å². The average Bonchev–Trinajstić information content (AvgIpc) is 2.28. The van der Waals surface area contributed by atoms with Gasteiger partial charge < -0.3 is 15.1 Å². The molecule has 0 bridgehead atoms. The molecule has 0 saturated carbocycles. The molecule has 0 aliphatic rings. The molecule has 1 atom stereocenters. The number of aromatic hydroxyl groups is 1. The summed E-state index contributed by atoms with van der Waals surface area (Å²) in [6, 6.07) is 2.10. The standard InChI is InChI=1S/C12H14FNO4/c1-3-10(12(17)18)14(2)11(16)8-5-4-7(15)6-9(8)13/h4-6,10,15H,3H2,1-2H3,(H,17,18). The number of nitrogens with zero attached hydrogens (tertiary/aromatic N) is 1. The van der Waals surface area contributed by atoms with Crippen LogP contribution in [0, 0.1) is 5.82 Å². The SMILES string of the molecule is CCC(C(=O)O)N(C)C(=O)c1ccc(O)cc1F. The number of amides is 1. The molecule has 18 heavy (non-hydrogen) atoms. The Balaban J connectivity index is 3.02. The van der Waals surface area contributed by atoms with Crippen molar-refractivity contribution >= 4 is 11.9 Å². The number of rotatable bonds is 4. The minimum atomic E-state index is -1.15. The number of aliphatic carboxylic acids is 1. The van der Waals surface area contributed by atoms with E-state index in [0.717, 1.165) is 17.0 Å². The van der Waals surface area contributed by atoms with Crippen molar-refractivity contribution in [1.82, 2.24) is 4.90 Å². The van der Waals surface area contributed by atoms with Gasteiger partial charge in [-0.25, -0.2) is 9.18 Å². The first-order valence-corrected chi connectivity index (χ1v) is 5.37. The third-order valence-corrected chi connectivity index (χ3v) is 2.64. The highest BCUT2D eigenvalue weighted by atomic mass is 19.1. The molecule has 0 heterocycles. The van der Waals surface area contributed by atoms with Crippen molar-refractivity contribution in [2.75, 3.05) is 7.05 Å². The molecule has 98 valence electrons. The molecule has 1 rings (SSSR count). The van der Waals surface area contributed by atoms with Gasteiger partial charge in [-0.2, -0.15) is 0 Å². The van der Waals surface area contributed by atoms with Crippen LogP contribution in [0.15, 0.2) is 18.2 Å². The van der Waals surface area contributed by atoms with Crippen molar-refractivity contribution in [3.05, 3.63) is 29.6 Å². The normalized spacial score (nSPS) is 11.9. The summed E-state index contributed by atoms with van der Waals surface area (Å²) in [5.41, 5.74) is -0.269. The fourth-order valence-electron chi connectivity index (χ4n) is 1.62. The van der Waals surface area contributed by atoms with Gasteiger partial charge in [-0.3, -0.25) is 4.79 Å². The predicted molar refractivity (Wildman–Crippen MR) is 61.9 cm³/mol. The van der Waals surface area contributed by atoms with Crippen LogP contribution in [0.5, 0.6) is 5.75 Å². The highest BCUT2D eigenvalue weighted by Crippen LogP contribution is 2.17. The smallest absolute Gasteiger partial charge is 0.326 e. The van der Waals surface area contributed by atoms with Crippen molar-refractivity contribution in [2.24, 2.45) is 0 Å². The van der Waals surface area contributed by atoms with E-state index in [-0.39, 0.29) is 17.7 Å². The number of carbonyl (C=O) groups is 2. The molecule has 6 heteroatoms. The average molecular weight is 255 g/mol. The minimum absolute atomic E-state index is 0.220. The number of benzene rings is 1. The molecule has 0 aliphatic carbocycles. The van der Waals surface area contributed by atoms with Crippen molar-refractivity contribution in [3.63, 3.8) is 0 Å². The van der Waals surface area contributed by atoms with E-state index < -0.39 is 23.7 Å². The maximum Gasteiger partial charge on any atom is 0.326 e. The molecule has 0 radical (unpaired) electrons. The lowest BCUT2D eigenvalue weighted by atomic mass is 10.1. The molecule has 0 saturated heterocycles. The minimum Gasteiger partial charge on any atom is -0.508 e. The van der Waals surface area contributed by atoms with Crippen molar-refractivity contribution < 1.29 is 24.2 Å². The maximum absolute atomic E-state index is 13.5. The topological polar surface area (TPSA) is 77.8 Å². The van der Waals surface area contributed by atoms with Crippen LogP contribution in [0.25, 0.3) is 0 Å². The molecule has 5 nitrogen and oxygen atoms in total. The van der Waals surface area contributed by atoms with Gasteiger partial charge in [0.05, 0.1) is 5.56 Å². The summed E-state index contributed by atoms with van der Waals surface area (Å²) in [5.74, 6) is -3.06. The summed E-state index contributed by atoms with van der Waals surface area (Å²) >= 11 is 0. The van der Waals surface area contributed by atoms with Gasteiger partial charge in [-0.05, 0) is 18.6 Å². The molecule has 0 fully saturated rings. The largest absolute Gasteiger partial charge is 0.508 e. The molecule has 1 amide bonds. The Labute approximate surface area is 103 Å². The van der Waals surface area contributed by atoms with E-state index in [4.69, 9.17) is 10.2 Å². The van der Waals surface area contributed by atoms with Gasteiger partial charge in [-0.15, -0.1) is 0 Å². The number of halogens is 1. The monoisotopic (exact) mass is 255 g/mol. The van der Waals surface area contributed by atoms with Gasteiger partial charge in [0.15, 0.2) is 0 Å². The Kier molecular flexibility index (Phi) is 4.25. The number of carboxylic acid groups (broad SMARTS) is 1. The van der Waals surface area contributed by atoms with E-state index in [1.807, 2.05) is 0 Å². The summed E-state index contributed by atoms with van der Waals surface area (Å²) in [7, 11) is 1.30. The quantitative estimate of drug-likeness (QED) is 0.854. The Hall–Kier alpha value is -2.11. The molecular formula is C12H14FNO4. The number of carboxylic acids is 1. The third-order valence-electron chi connectivity index (χ3n) is 2.64. The number of hydrogen-bond donors (Lipinski definition) is 2. The van der Waals surface area contributed by atoms with Gasteiger partial charge in [0.1, 0.15) is 17.6 Å². The zero-order valence-electron chi connectivity index (χ0n) is 10.1. The van der Waals surface area contributed by atoms with Crippen molar-refractivity contribution in [2.45, 2.75) is 19.4 Å². The van der Waals surface area contributed by atoms with Crippen molar-refractivity contribution in [3.8, 4) is 5.75 Å². The number of phenols is 1. The lowest BCUT2D eigenvalue weighted by Gasteiger charge is -2.23.